The lowest BCUT2D eigenvalue weighted by molar-refractivity contribution is 0.400. The molecule has 1 heterocycles. The molecule has 1 aliphatic rings. The number of benzene rings is 1. The Morgan fingerprint density at radius 2 is 1.35 bits per heavy atom. The van der Waals surface area contributed by atoms with Gasteiger partial charge in [-0.3, -0.25) is 0 Å². The van der Waals surface area contributed by atoms with Crippen molar-refractivity contribution in [3.63, 3.8) is 0 Å². The van der Waals surface area contributed by atoms with Crippen LogP contribution in [0.15, 0.2) is 26.8 Å². The van der Waals surface area contributed by atoms with Gasteiger partial charge >= 0.3 is 0 Å². The molecule has 1 aliphatic carbocycles. The Morgan fingerprint density at radius 1 is 0.774 bits per heavy atom. The van der Waals surface area contributed by atoms with Crippen LogP contribution in [-0.4, -0.2) is 23.3 Å². The van der Waals surface area contributed by atoms with Crippen molar-refractivity contribution in [2.24, 2.45) is 0 Å². The van der Waals surface area contributed by atoms with Gasteiger partial charge in [0.05, 0.1) is 18.7 Å². The van der Waals surface area contributed by atoms with E-state index in [2.05, 4.69) is 63.9 Å². The van der Waals surface area contributed by atoms with E-state index in [4.69, 9.17) is 9.47 Å². The molecule has 0 saturated carbocycles. The zero-order valence-electron chi connectivity index (χ0n) is 19.5. The van der Waals surface area contributed by atoms with Crippen LogP contribution in [0.1, 0.15) is 88.8 Å². The van der Waals surface area contributed by atoms with E-state index in [1.54, 1.807) is 19.4 Å². The Balaban J connectivity index is 2.15. The van der Waals surface area contributed by atoms with E-state index in [1.807, 2.05) is 0 Å². The van der Waals surface area contributed by atoms with E-state index in [0.29, 0.717) is 0 Å². The van der Waals surface area contributed by atoms with Crippen molar-refractivity contribution in [1.29, 1.82) is 0 Å². The van der Waals surface area contributed by atoms with Crippen molar-refractivity contribution in [1.82, 2.24) is 0 Å². The van der Waals surface area contributed by atoms with Gasteiger partial charge in [0.25, 0.3) is 0 Å². The van der Waals surface area contributed by atoms with Crippen LogP contribution in [0.25, 0.3) is 11.1 Å². The summed E-state index contributed by atoms with van der Waals surface area (Å²) >= 11 is 7.66. The lowest BCUT2D eigenvalue weighted by Gasteiger charge is -2.33. The van der Waals surface area contributed by atoms with Crippen molar-refractivity contribution in [3.05, 3.63) is 37.5 Å². The summed E-state index contributed by atoms with van der Waals surface area (Å²) in [6.45, 7) is 4.59. The molecule has 0 unspecified atom stereocenters. The summed E-state index contributed by atoms with van der Waals surface area (Å²) in [7, 11) is 3.54. The van der Waals surface area contributed by atoms with Gasteiger partial charge in [0, 0.05) is 18.6 Å². The highest BCUT2D eigenvalue weighted by atomic mass is 79.9. The summed E-state index contributed by atoms with van der Waals surface area (Å²) in [6, 6.07) is 6.87. The zero-order valence-corrected chi connectivity index (χ0v) is 23.8. The van der Waals surface area contributed by atoms with Crippen molar-refractivity contribution in [3.8, 4) is 22.6 Å². The predicted molar refractivity (Wildman–Crippen MR) is 141 cm³/mol. The molecule has 0 fully saturated rings. The van der Waals surface area contributed by atoms with E-state index in [0.717, 1.165) is 16.0 Å². The fourth-order valence-corrected chi connectivity index (χ4v) is 8.35. The van der Waals surface area contributed by atoms with Crippen LogP contribution in [-0.2, 0) is 5.41 Å². The number of hydrogen-bond acceptors (Lipinski definition) is 2. The first-order valence-electron chi connectivity index (χ1n) is 11.8. The van der Waals surface area contributed by atoms with Crippen LogP contribution >= 0.6 is 31.9 Å². The Labute approximate surface area is 207 Å². The number of fused-ring (bicyclic) bond motifs is 3. The second-order valence-electron chi connectivity index (χ2n) is 8.77. The topological polar surface area (TPSA) is 18.5 Å². The minimum Gasteiger partial charge on any atom is -0.496 e. The summed E-state index contributed by atoms with van der Waals surface area (Å²) in [4.78, 5) is 0. The van der Waals surface area contributed by atoms with Crippen LogP contribution in [0, 0.1) is 0 Å². The van der Waals surface area contributed by atoms with E-state index < -0.39 is 0 Å². The van der Waals surface area contributed by atoms with E-state index in [1.165, 1.54) is 85.0 Å². The Kier molecular flexibility index (Phi) is 9.24. The van der Waals surface area contributed by atoms with Gasteiger partial charge < -0.3 is 9.47 Å². The average Bonchev–Trinajstić information content (AvgIpc) is 3.01. The lowest BCUT2D eigenvalue weighted by atomic mass is 9.73. The van der Waals surface area contributed by atoms with Crippen LogP contribution in [0.2, 0.25) is 0 Å². The third-order valence-electron chi connectivity index (χ3n) is 6.82. The van der Waals surface area contributed by atoms with E-state index in [-0.39, 0.29) is 14.5 Å². The van der Waals surface area contributed by atoms with Gasteiger partial charge in [-0.15, -0.1) is 0 Å². The summed E-state index contributed by atoms with van der Waals surface area (Å²) in [5.41, 5.74) is 4.38. The van der Waals surface area contributed by atoms with E-state index >= 15 is 0 Å². The van der Waals surface area contributed by atoms with Crippen LogP contribution in [0.3, 0.4) is 0 Å². The van der Waals surface area contributed by atoms with E-state index in [9.17, 15) is 0 Å². The molecule has 2 nitrogen and oxygen atoms in total. The standard InChI is InChI=1S/C26H36Br2O2Si/c1-5-7-9-11-13-26(14-12-10-8-6-2)20-17-21(27)22(29-3)15-18(20)19-16-23(30-4)25(28)31-24(19)26/h15-17,31H,5-14H2,1-4H3. The smallest absolute Gasteiger partial charge is 0.133 e. The van der Waals surface area contributed by atoms with Gasteiger partial charge in [0.15, 0.2) is 0 Å². The van der Waals surface area contributed by atoms with Gasteiger partial charge in [0.1, 0.15) is 11.5 Å². The normalized spacial score (nSPS) is 13.7. The maximum Gasteiger partial charge on any atom is 0.133 e. The number of halogens is 2. The molecule has 0 aliphatic heterocycles. The summed E-state index contributed by atoms with van der Waals surface area (Å²) < 4.78 is 13.7. The molecule has 0 radical (unpaired) electrons. The molecule has 3 rings (SSSR count). The quantitative estimate of drug-likeness (QED) is 0.189. The zero-order chi connectivity index (χ0) is 22.4. The van der Waals surface area contributed by atoms with Crippen molar-refractivity contribution in [2.45, 2.75) is 83.5 Å². The van der Waals surface area contributed by atoms with Crippen molar-refractivity contribution in [2.75, 3.05) is 14.2 Å². The highest BCUT2D eigenvalue weighted by Gasteiger charge is 2.43. The molecular weight excluding hydrogens is 532 g/mol. The average molecular weight is 568 g/mol. The molecule has 0 spiro atoms. The molecule has 0 saturated heterocycles. The minimum atomic E-state index is 0.00777. The number of ether oxygens (including phenoxy) is 2. The maximum atomic E-state index is 5.72. The highest BCUT2D eigenvalue weighted by Crippen LogP contribution is 2.56. The molecule has 5 heteroatoms. The number of unbranched alkanes of at least 4 members (excludes halogenated alkanes) is 6. The fourth-order valence-electron chi connectivity index (χ4n) is 5.17. The fraction of sp³-hybridized carbons (Fsp3) is 0.577. The second kappa shape index (κ2) is 11.5. The molecule has 0 amide bonds. The third kappa shape index (κ3) is 5.14. The SMILES string of the molecule is CCCCCCC1(CCCCCC)c2cc(Br)c(OC)cc2-c2cc(OC)c(Br)[siH]c21. The lowest BCUT2D eigenvalue weighted by Crippen LogP contribution is -2.27. The third-order valence-corrected chi connectivity index (χ3v) is 10.2. The van der Waals surface area contributed by atoms with Gasteiger partial charge in [-0.25, -0.2) is 0 Å². The van der Waals surface area contributed by atoms with Gasteiger partial charge in [-0.1, -0.05) is 81.1 Å². The molecule has 0 N–H and O–H groups in total. The summed E-state index contributed by atoms with van der Waals surface area (Å²) in [5.74, 6) is 1.89. The molecule has 0 atom stereocenters. The summed E-state index contributed by atoms with van der Waals surface area (Å²) in [6.07, 6.45) is 12.9. The molecule has 1 aromatic carbocycles. The van der Waals surface area contributed by atoms with Gasteiger partial charge in [0.2, 0.25) is 0 Å². The first-order chi connectivity index (χ1) is 15.0. The molecular formula is C26H36Br2O2Si. The highest BCUT2D eigenvalue weighted by molar-refractivity contribution is 9.11. The Hall–Kier alpha value is -0.653. The van der Waals surface area contributed by atoms with Crippen LogP contribution in [0.4, 0.5) is 0 Å². The monoisotopic (exact) mass is 566 g/mol. The second-order valence-corrected chi connectivity index (χ2v) is 12.8. The van der Waals surface area contributed by atoms with Gasteiger partial charge in [-0.2, -0.15) is 0 Å². The predicted octanol–water partition coefficient (Wildman–Crippen LogP) is 8.51. The Morgan fingerprint density at radius 3 is 1.90 bits per heavy atom. The van der Waals surface area contributed by atoms with Crippen molar-refractivity contribution < 1.29 is 9.47 Å². The minimum absolute atomic E-state index is 0.00777. The summed E-state index contributed by atoms with van der Waals surface area (Å²) in [5, 5.41) is 1.66. The van der Waals surface area contributed by atoms with Crippen LogP contribution < -0.4 is 9.47 Å². The Bertz CT molecular complexity index is 824. The number of methoxy groups -OCH3 is 2. The molecule has 0 bridgehead atoms. The molecule has 170 valence electrons. The molecule has 31 heavy (non-hydrogen) atoms. The molecule has 1 aromatic heterocycles. The molecule has 2 aromatic rings. The number of hydrogen-bond donors (Lipinski definition) is 0. The maximum absolute atomic E-state index is 5.72. The first-order valence-corrected chi connectivity index (χ1v) is 14.5. The largest absolute Gasteiger partial charge is 0.496 e. The van der Waals surface area contributed by atoms with Crippen molar-refractivity contribution >= 4 is 41.0 Å². The van der Waals surface area contributed by atoms with Gasteiger partial charge in [-0.05, 0) is 68.8 Å². The first kappa shape index (κ1) is 25.0. The van der Waals surface area contributed by atoms with Crippen LogP contribution in [0.5, 0.6) is 11.5 Å². The number of rotatable bonds is 12.